The average Bonchev–Trinajstić information content (AvgIpc) is 2.58. The van der Waals surface area contributed by atoms with E-state index in [4.69, 9.17) is 0 Å². The molecule has 0 spiro atoms. The Morgan fingerprint density at radius 1 is 1.14 bits per heavy atom. The van der Waals surface area contributed by atoms with Crippen LogP contribution in [0.5, 0.6) is 0 Å². The largest absolute Gasteiger partial charge is 0.294 e. The van der Waals surface area contributed by atoms with Crippen molar-refractivity contribution in [1.82, 2.24) is 0 Å². The van der Waals surface area contributed by atoms with Crippen LogP contribution in [0, 0.1) is 0 Å². The van der Waals surface area contributed by atoms with E-state index in [1.807, 2.05) is 11.8 Å². The number of ketones is 2. The van der Waals surface area contributed by atoms with E-state index in [2.05, 4.69) is 0 Å². The van der Waals surface area contributed by atoms with Crippen molar-refractivity contribution < 1.29 is 9.59 Å². The first-order valence-electron chi connectivity index (χ1n) is 4.35. The van der Waals surface area contributed by atoms with Crippen LogP contribution in [0.1, 0.15) is 44.3 Å². The number of hydrogen-bond donors (Lipinski definition) is 0. The van der Waals surface area contributed by atoms with Gasteiger partial charge >= 0.3 is 0 Å². The fourth-order valence-electron chi connectivity index (χ4n) is 1.65. The van der Waals surface area contributed by atoms with Crippen LogP contribution in [-0.4, -0.2) is 11.6 Å². The van der Waals surface area contributed by atoms with Gasteiger partial charge in [0.15, 0.2) is 11.6 Å². The summed E-state index contributed by atoms with van der Waals surface area (Å²) in [6.07, 6.45) is 0. The van der Waals surface area contributed by atoms with Gasteiger partial charge in [0.05, 0.1) is 4.88 Å². The lowest BCUT2D eigenvalue weighted by atomic mass is 10.1. The number of rotatable bonds is 2. The third-order valence-electron chi connectivity index (χ3n) is 2.24. The minimum Gasteiger partial charge on any atom is -0.294 e. The second-order valence-corrected chi connectivity index (χ2v) is 5.40. The van der Waals surface area contributed by atoms with Crippen LogP contribution in [0.3, 0.4) is 0 Å². The van der Waals surface area contributed by atoms with Crippen molar-refractivity contribution in [2.75, 3.05) is 0 Å². The first kappa shape index (κ1) is 9.93. The maximum atomic E-state index is 11.4. The molecule has 0 atom stereocenters. The first-order valence-corrected chi connectivity index (χ1v) is 6.32. The van der Waals surface area contributed by atoms with Crippen LogP contribution >= 0.6 is 23.1 Å². The summed E-state index contributed by atoms with van der Waals surface area (Å²) >= 11 is 3.30. The number of hydrogen-bond acceptors (Lipinski definition) is 4. The molecule has 0 bridgehead atoms. The third kappa shape index (κ3) is 1.42. The molecule has 0 aliphatic carbocycles. The van der Waals surface area contributed by atoms with Crippen molar-refractivity contribution in [3.05, 3.63) is 20.9 Å². The van der Waals surface area contributed by atoms with Crippen LogP contribution in [-0.2, 0) is 11.5 Å². The Hall–Kier alpha value is -0.610. The molecule has 0 N–H and O–H groups in total. The van der Waals surface area contributed by atoms with Crippen molar-refractivity contribution in [3.63, 3.8) is 0 Å². The molecule has 14 heavy (non-hydrogen) atoms. The van der Waals surface area contributed by atoms with Crippen LogP contribution in [0.4, 0.5) is 0 Å². The van der Waals surface area contributed by atoms with E-state index in [1.54, 1.807) is 0 Å². The predicted molar refractivity (Wildman–Crippen MR) is 59.3 cm³/mol. The molecular weight excluding hydrogens is 216 g/mol. The van der Waals surface area contributed by atoms with Gasteiger partial charge in [0.25, 0.3) is 0 Å². The van der Waals surface area contributed by atoms with Gasteiger partial charge < -0.3 is 0 Å². The SMILES string of the molecule is CC(=O)c1sc2c(c1C(C)=O)CSC2. The first-order chi connectivity index (χ1) is 6.61. The summed E-state index contributed by atoms with van der Waals surface area (Å²) in [5.74, 6) is 1.87. The van der Waals surface area contributed by atoms with Crippen molar-refractivity contribution in [2.45, 2.75) is 25.4 Å². The Bertz CT molecular complexity index is 418. The van der Waals surface area contributed by atoms with Crippen molar-refractivity contribution in [1.29, 1.82) is 0 Å². The standard InChI is InChI=1S/C10H10O2S2/c1-5(11)9-7-3-13-4-8(7)14-10(9)6(2)12/h3-4H2,1-2H3. The van der Waals surface area contributed by atoms with E-state index >= 15 is 0 Å². The zero-order valence-corrected chi connectivity index (χ0v) is 9.68. The van der Waals surface area contributed by atoms with E-state index < -0.39 is 0 Å². The molecular formula is C10H10O2S2. The molecule has 0 aromatic carbocycles. The van der Waals surface area contributed by atoms with E-state index in [9.17, 15) is 9.59 Å². The molecule has 0 fully saturated rings. The van der Waals surface area contributed by atoms with Gasteiger partial charge in [-0.15, -0.1) is 11.3 Å². The molecule has 0 unspecified atom stereocenters. The molecule has 1 aromatic heterocycles. The van der Waals surface area contributed by atoms with Gasteiger partial charge in [-0.3, -0.25) is 9.59 Å². The van der Waals surface area contributed by atoms with E-state index in [1.165, 1.54) is 30.1 Å². The highest BCUT2D eigenvalue weighted by molar-refractivity contribution is 7.98. The topological polar surface area (TPSA) is 34.1 Å². The summed E-state index contributed by atoms with van der Waals surface area (Å²) < 4.78 is 0. The van der Waals surface area contributed by atoms with E-state index in [0.717, 1.165) is 17.1 Å². The number of carbonyl (C=O) groups excluding carboxylic acids is 2. The van der Waals surface area contributed by atoms with Crippen molar-refractivity contribution >= 4 is 34.7 Å². The van der Waals surface area contributed by atoms with Gasteiger partial charge in [-0.1, -0.05) is 0 Å². The lowest BCUT2D eigenvalue weighted by Crippen LogP contribution is -2.01. The van der Waals surface area contributed by atoms with Gasteiger partial charge in [0.1, 0.15) is 0 Å². The molecule has 0 saturated carbocycles. The maximum absolute atomic E-state index is 11.4. The van der Waals surface area contributed by atoms with Crippen LogP contribution < -0.4 is 0 Å². The fraction of sp³-hybridized carbons (Fsp3) is 0.400. The van der Waals surface area contributed by atoms with Gasteiger partial charge in [-0.25, -0.2) is 0 Å². The lowest BCUT2D eigenvalue weighted by molar-refractivity contribution is 0.0983. The number of thiophene rings is 1. The van der Waals surface area contributed by atoms with Crippen LogP contribution in [0.2, 0.25) is 0 Å². The molecule has 0 amide bonds. The second-order valence-electron chi connectivity index (χ2n) is 3.31. The number of carbonyl (C=O) groups is 2. The summed E-state index contributed by atoms with van der Waals surface area (Å²) in [4.78, 5) is 24.6. The molecule has 2 rings (SSSR count). The molecule has 2 nitrogen and oxygen atoms in total. The fourth-order valence-corrected chi connectivity index (χ4v) is 4.27. The maximum Gasteiger partial charge on any atom is 0.170 e. The molecule has 1 aliphatic heterocycles. The summed E-state index contributed by atoms with van der Waals surface area (Å²) in [5, 5.41) is 0. The molecule has 0 radical (unpaired) electrons. The van der Waals surface area contributed by atoms with Gasteiger partial charge in [0.2, 0.25) is 0 Å². The van der Waals surface area contributed by atoms with Gasteiger partial charge in [0, 0.05) is 21.9 Å². The van der Waals surface area contributed by atoms with Gasteiger partial charge in [-0.05, 0) is 19.4 Å². The monoisotopic (exact) mass is 226 g/mol. The summed E-state index contributed by atoms with van der Waals surface area (Å²) in [6.45, 7) is 3.07. The predicted octanol–water partition coefficient (Wildman–Crippen LogP) is 2.90. The Morgan fingerprint density at radius 2 is 1.86 bits per heavy atom. The minimum atomic E-state index is 0.0135. The summed E-state index contributed by atoms with van der Waals surface area (Å²) in [7, 11) is 0. The van der Waals surface area contributed by atoms with Crippen molar-refractivity contribution in [2.24, 2.45) is 0 Å². The average molecular weight is 226 g/mol. The normalized spacial score (nSPS) is 14.1. The Labute approximate surface area is 90.7 Å². The molecule has 0 saturated heterocycles. The number of fused-ring (bicyclic) bond motifs is 1. The quantitative estimate of drug-likeness (QED) is 0.727. The van der Waals surface area contributed by atoms with Crippen LogP contribution in [0.25, 0.3) is 0 Å². The zero-order valence-electron chi connectivity index (χ0n) is 8.05. The Kier molecular flexibility index (Phi) is 2.49. The van der Waals surface area contributed by atoms with Gasteiger partial charge in [-0.2, -0.15) is 11.8 Å². The highest BCUT2D eigenvalue weighted by atomic mass is 32.2. The van der Waals surface area contributed by atoms with E-state index in [-0.39, 0.29) is 11.6 Å². The summed E-state index contributed by atoms with van der Waals surface area (Å²) in [6, 6.07) is 0. The molecule has 2 heterocycles. The van der Waals surface area contributed by atoms with Crippen molar-refractivity contribution in [3.8, 4) is 0 Å². The molecule has 4 heteroatoms. The smallest absolute Gasteiger partial charge is 0.170 e. The van der Waals surface area contributed by atoms with E-state index in [0.29, 0.717) is 10.4 Å². The minimum absolute atomic E-state index is 0.0135. The number of Topliss-reactive ketones (excluding diaryl/α,β-unsaturated/α-hetero) is 2. The molecule has 1 aliphatic rings. The number of thioether (sulfide) groups is 1. The lowest BCUT2D eigenvalue weighted by Gasteiger charge is -1.98. The van der Waals surface area contributed by atoms with Crippen LogP contribution in [0.15, 0.2) is 0 Å². The highest BCUT2D eigenvalue weighted by Gasteiger charge is 2.26. The highest BCUT2D eigenvalue weighted by Crippen LogP contribution is 2.40. The molecule has 1 aromatic rings. The Balaban J connectivity index is 2.62. The molecule has 74 valence electrons. The third-order valence-corrected chi connectivity index (χ3v) is 4.74. The zero-order chi connectivity index (χ0) is 10.3. The Morgan fingerprint density at radius 3 is 2.43 bits per heavy atom. The summed E-state index contributed by atoms with van der Waals surface area (Å²) in [5.41, 5.74) is 1.79. The second kappa shape index (κ2) is 3.51.